The molecule has 1 amide bonds. The number of hydrogen-bond donors (Lipinski definition) is 2. The first-order valence-corrected chi connectivity index (χ1v) is 10.8. The standard InChI is InChI=1S/C22H20N2O5S/c25-22(23-14-18-15-28-20-8-4-5-9-21(20)29-18)16-10-12-17(13-11-16)24-30(26,27)19-6-2-1-3-7-19/h1-13,18,24H,14-15H2,(H,23,25)/t18-/m0/s1. The summed E-state index contributed by atoms with van der Waals surface area (Å²) in [6.07, 6.45) is -0.291. The second-order valence-electron chi connectivity index (χ2n) is 6.70. The van der Waals surface area contributed by atoms with E-state index < -0.39 is 10.0 Å². The van der Waals surface area contributed by atoms with Gasteiger partial charge in [-0.25, -0.2) is 8.42 Å². The summed E-state index contributed by atoms with van der Waals surface area (Å²) in [6, 6.07) is 21.7. The number of fused-ring (bicyclic) bond motifs is 1. The van der Waals surface area contributed by atoms with E-state index in [1.807, 2.05) is 24.3 Å². The summed E-state index contributed by atoms with van der Waals surface area (Å²) in [5.41, 5.74) is 0.783. The molecule has 0 fully saturated rings. The van der Waals surface area contributed by atoms with Crippen LogP contribution in [0.4, 0.5) is 5.69 Å². The maximum Gasteiger partial charge on any atom is 0.261 e. The number of carbonyl (C=O) groups excluding carboxylic acids is 1. The van der Waals surface area contributed by atoms with Crippen molar-refractivity contribution in [2.75, 3.05) is 17.9 Å². The summed E-state index contributed by atoms with van der Waals surface area (Å²) in [7, 11) is -3.68. The highest BCUT2D eigenvalue weighted by molar-refractivity contribution is 7.92. The zero-order chi connectivity index (χ0) is 21.0. The van der Waals surface area contributed by atoms with E-state index in [-0.39, 0.29) is 23.5 Å². The largest absolute Gasteiger partial charge is 0.486 e. The summed E-state index contributed by atoms with van der Waals surface area (Å²) in [5, 5.41) is 2.81. The molecule has 0 radical (unpaired) electrons. The van der Waals surface area contributed by atoms with Gasteiger partial charge in [0.1, 0.15) is 12.7 Å². The normalized spacial score (nSPS) is 15.3. The molecule has 1 aliphatic heterocycles. The predicted octanol–water partition coefficient (Wildman–Crippen LogP) is 3.06. The second-order valence-corrected chi connectivity index (χ2v) is 8.39. The van der Waals surface area contributed by atoms with Crippen LogP contribution in [0.5, 0.6) is 11.5 Å². The Hall–Kier alpha value is -3.52. The van der Waals surface area contributed by atoms with E-state index in [1.165, 1.54) is 12.1 Å². The van der Waals surface area contributed by atoms with Gasteiger partial charge in [0.15, 0.2) is 11.5 Å². The summed E-state index contributed by atoms with van der Waals surface area (Å²) in [5.74, 6) is 1.06. The SMILES string of the molecule is O=C(NC[C@H]1COc2ccccc2O1)c1ccc(NS(=O)(=O)c2ccccc2)cc1. The molecule has 1 heterocycles. The molecule has 0 saturated heterocycles. The van der Waals surface area contributed by atoms with Crippen LogP contribution in [0.2, 0.25) is 0 Å². The van der Waals surface area contributed by atoms with E-state index in [2.05, 4.69) is 10.0 Å². The number of nitrogens with one attached hydrogen (secondary N) is 2. The lowest BCUT2D eigenvalue weighted by Crippen LogP contribution is -2.40. The Balaban J connectivity index is 1.33. The maximum atomic E-state index is 12.4. The van der Waals surface area contributed by atoms with Gasteiger partial charge in [-0.2, -0.15) is 0 Å². The molecule has 30 heavy (non-hydrogen) atoms. The number of ether oxygens (including phenoxy) is 2. The summed E-state index contributed by atoms with van der Waals surface area (Å²) in [6.45, 7) is 0.632. The fraction of sp³-hybridized carbons (Fsp3) is 0.136. The van der Waals surface area contributed by atoms with Gasteiger partial charge in [-0.1, -0.05) is 30.3 Å². The van der Waals surface area contributed by atoms with Crippen molar-refractivity contribution < 1.29 is 22.7 Å². The molecule has 0 aromatic heterocycles. The minimum absolute atomic E-state index is 0.170. The minimum atomic E-state index is -3.68. The van der Waals surface area contributed by atoms with Crippen LogP contribution in [-0.4, -0.2) is 33.6 Å². The fourth-order valence-electron chi connectivity index (χ4n) is 2.98. The number of benzene rings is 3. The van der Waals surface area contributed by atoms with E-state index in [4.69, 9.17) is 9.47 Å². The number of amides is 1. The zero-order valence-corrected chi connectivity index (χ0v) is 16.8. The van der Waals surface area contributed by atoms with Gasteiger partial charge in [0.05, 0.1) is 11.4 Å². The molecule has 4 rings (SSSR count). The van der Waals surface area contributed by atoms with Gasteiger partial charge in [-0.05, 0) is 48.5 Å². The molecule has 8 heteroatoms. The summed E-state index contributed by atoms with van der Waals surface area (Å²) in [4.78, 5) is 12.6. The number of hydrogen-bond acceptors (Lipinski definition) is 5. The summed E-state index contributed by atoms with van der Waals surface area (Å²) >= 11 is 0. The highest BCUT2D eigenvalue weighted by atomic mass is 32.2. The predicted molar refractivity (Wildman–Crippen MR) is 112 cm³/mol. The molecule has 1 aliphatic rings. The van der Waals surface area contributed by atoms with Gasteiger partial charge >= 0.3 is 0 Å². The molecule has 0 bridgehead atoms. The van der Waals surface area contributed by atoms with Gasteiger partial charge in [0, 0.05) is 11.3 Å². The molecule has 7 nitrogen and oxygen atoms in total. The van der Waals surface area contributed by atoms with Crippen molar-refractivity contribution in [1.82, 2.24) is 5.32 Å². The Morgan fingerprint density at radius 1 is 0.900 bits per heavy atom. The van der Waals surface area contributed by atoms with Crippen LogP contribution < -0.4 is 19.5 Å². The average molecular weight is 424 g/mol. The van der Waals surface area contributed by atoms with Crippen molar-refractivity contribution in [3.05, 3.63) is 84.4 Å². The Labute approximate surface area is 174 Å². The first-order chi connectivity index (χ1) is 14.5. The molecule has 154 valence electrons. The van der Waals surface area contributed by atoms with Crippen molar-refractivity contribution in [2.24, 2.45) is 0 Å². The lowest BCUT2D eigenvalue weighted by Gasteiger charge is -2.26. The minimum Gasteiger partial charge on any atom is -0.486 e. The van der Waals surface area contributed by atoms with Gasteiger partial charge < -0.3 is 14.8 Å². The molecular weight excluding hydrogens is 404 g/mol. The average Bonchev–Trinajstić information content (AvgIpc) is 2.78. The topological polar surface area (TPSA) is 93.7 Å². The Morgan fingerprint density at radius 2 is 1.57 bits per heavy atom. The first-order valence-electron chi connectivity index (χ1n) is 9.36. The second kappa shape index (κ2) is 8.46. The highest BCUT2D eigenvalue weighted by Gasteiger charge is 2.21. The molecule has 2 N–H and O–H groups in total. The van der Waals surface area contributed by atoms with Crippen molar-refractivity contribution in [3.63, 3.8) is 0 Å². The number of para-hydroxylation sites is 2. The van der Waals surface area contributed by atoms with E-state index in [9.17, 15) is 13.2 Å². The molecule has 1 atom stereocenters. The van der Waals surface area contributed by atoms with Gasteiger partial charge in [-0.3, -0.25) is 9.52 Å². The van der Waals surface area contributed by atoms with Crippen LogP contribution in [-0.2, 0) is 10.0 Å². The third-order valence-corrected chi connectivity index (χ3v) is 5.91. The Kier molecular flexibility index (Phi) is 5.58. The van der Waals surface area contributed by atoms with Crippen molar-refractivity contribution in [2.45, 2.75) is 11.0 Å². The van der Waals surface area contributed by atoms with E-state index >= 15 is 0 Å². The van der Waals surface area contributed by atoms with Gasteiger partial charge in [0.2, 0.25) is 0 Å². The lowest BCUT2D eigenvalue weighted by molar-refractivity contribution is 0.0789. The van der Waals surface area contributed by atoms with E-state index in [0.29, 0.717) is 29.4 Å². The lowest BCUT2D eigenvalue weighted by atomic mass is 10.2. The Morgan fingerprint density at radius 3 is 2.30 bits per heavy atom. The zero-order valence-electron chi connectivity index (χ0n) is 15.9. The molecule has 0 spiro atoms. The number of sulfonamides is 1. The molecule has 0 aliphatic carbocycles. The Bertz CT molecular complexity index is 1130. The van der Waals surface area contributed by atoms with E-state index in [1.54, 1.807) is 42.5 Å². The third kappa shape index (κ3) is 4.55. The van der Waals surface area contributed by atoms with Crippen molar-refractivity contribution in [3.8, 4) is 11.5 Å². The maximum absolute atomic E-state index is 12.4. The van der Waals surface area contributed by atoms with Crippen LogP contribution in [0.15, 0.2) is 83.8 Å². The highest BCUT2D eigenvalue weighted by Crippen LogP contribution is 2.30. The van der Waals surface area contributed by atoms with Crippen molar-refractivity contribution in [1.29, 1.82) is 0 Å². The van der Waals surface area contributed by atoms with Crippen molar-refractivity contribution >= 4 is 21.6 Å². The van der Waals surface area contributed by atoms with E-state index in [0.717, 1.165) is 0 Å². The molecule has 0 saturated carbocycles. The van der Waals surface area contributed by atoms with Crippen LogP contribution >= 0.6 is 0 Å². The van der Waals surface area contributed by atoms with Crippen LogP contribution in [0.3, 0.4) is 0 Å². The summed E-state index contributed by atoms with van der Waals surface area (Å²) < 4.78 is 38.7. The van der Waals surface area contributed by atoms with Crippen LogP contribution in [0.1, 0.15) is 10.4 Å². The number of anilines is 1. The van der Waals surface area contributed by atoms with Crippen LogP contribution in [0.25, 0.3) is 0 Å². The molecule has 3 aromatic rings. The monoisotopic (exact) mass is 424 g/mol. The first kappa shape index (κ1) is 19.8. The molecule has 3 aromatic carbocycles. The third-order valence-electron chi connectivity index (χ3n) is 4.51. The molecular formula is C22H20N2O5S. The number of carbonyl (C=O) groups is 1. The fourth-order valence-corrected chi connectivity index (χ4v) is 4.06. The quantitative estimate of drug-likeness (QED) is 0.634. The smallest absolute Gasteiger partial charge is 0.261 e. The van der Waals surface area contributed by atoms with Crippen LogP contribution in [0, 0.1) is 0 Å². The van der Waals surface area contributed by atoms with Gasteiger partial charge in [0.25, 0.3) is 15.9 Å². The number of rotatable bonds is 6. The molecule has 0 unspecified atom stereocenters. The van der Waals surface area contributed by atoms with Gasteiger partial charge in [-0.15, -0.1) is 0 Å².